The van der Waals surface area contributed by atoms with Gasteiger partial charge in [0.25, 0.3) is 0 Å². The largest absolute Gasteiger partial charge is 0.382 e. The fourth-order valence-electron chi connectivity index (χ4n) is 6.96. The van der Waals surface area contributed by atoms with Crippen molar-refractivity contribution in [3.05, 3.63) is 36.4 Å². The number of nitrogens with one attached hydrogen (secondary N) is 2. The second-order valence-corrected chi connectivity index (χ2v) is 12.3. The zero-order valence-corrected chi connectivity index (χ0v) is 24.2. The number of ether oxygens (including phenoxy) is 2. The SMILES string of the molecule is CCOCCCN1C(=O)[C@@H]2[C@H](C(=O)Nc3cccc(SC)c3)[C@@H]3C=C[C@@]2(O3)[C@@H]1C(=O)N[C@@H]1CCC[C@H](C)[C@H]1C. The van der Waals surface area contributed by atoms with Gasteiger partial charge < -0.3 is 25.0 Å². The molecule has 4 aliphatic rings. The third-order valence-electron chi connectivity index (χ3n) is 9.19. The zero-order valence-electron chi connectivity index (χ0n) is 23.4. The van der Waals surface area contributed by atoms with Gasteiger partial charge >= 0.3 is 0 Å². The van der Waals surface area contributed by atoms with Gasteiger partial charge in [0.2, 0.25) is 17.7 Å². The van der Waals surface area contributed by atoms with Gasteiger partial charge in [0.15, 0.2) is 0 Å². The monoisotopic (exact) mass is 555 g/mol. The number of thioether (sulfide) groups is 1. The predicted molar refractivity (Wildman–Crippen MR) is 151 cm³/mol. The Bertz CT molecular complexity index is 1130. The molecule has 1 saturated carbocycles. The Morgan fingerprint density at radius 1 is 1.23 bits per heavy atom. The van der Waals surface area contributed by atoms with Crippen LogP contribution in [0, 0.1) is 23.7 Å². The van der Waals surface area contributed by atoms with Crippen LogP contribution >= 0.6 is 11.8 Å². The molecule has 1 spiro atoms. The smallest absolute Gasteiger partial charge is 0.246 e. The highest BCUT2D eigenvalue weighted by atomic mass is 32.2. The summed E-state index contributed by atoms with van der Waals surface area (Å²) in [6, 6.07) is 6.88. The fourth-order valence-corrected chi connectivity index (χ4v) is 7.42. The molecule has 3 heterocycles. The summed E-state index contributed by atoms with van der Waals surface area (Å²) in [5, 5.41) is 6.31. The summed E-state index contributed by atoms with van der Waals surface area (Å²) >= 11 is 1.60. The molecule has 0 radical (unpaired) electrons. The van der Waals surface area contributed by atoms with Crippen LogP contribution in [0.15, 0.2) is 41.3 Å². The summed E-state index contributed by atoms with van der Waals surface area (Å²) in [6.07, 6.45) is 8.94. The maximum absolute atomic E-state index is 14.0. The van der Waals surface area contributed by atoms with Gasteiger partial charge in [-0.1, -0.05) is 44.9 Å². The van der Waals surface area contributed by atoms with Crippen molar-refractivity contribution in [1.82, 2.24) is 10.2 Å². The Hall–Kier alpha value is -2.36. The zero-order chi connectivity index (χ0) is 27.7. The molecular formula is C30H41N3O5S. The standard InChI is InChI=1S/C30H41N3O5S/c1-5-37-16-8-15-33-26(28(35)32-22-12-6-9-18(2)19(22)3)30-14-13-23(38-30)24(25(30)29(33)36)27(34)31-20-10-7-11-21(17-20)39-4/h7,10-11,13-14,17-19,22-26H,5-6,8-9,12,15-16H2,1-4H3,(H,31,34)(H,32,35)/t18-,19+,22+,23-,24+,25-,26-,30-/m0/s1. The van der Waals surface area contributed by atoms with E-state index in [1.807, 2.05) is 49.6 Å². The van der Waals surface area contributed by atoms with Gasteiger partial charge in [-0.2, -0.15) is 0 Å². The molecule has 39 heavy (non-hydrogen) atoms. The molecule has 212 valence electrons. The van der Waals surface area contributed by atoms with Gasteiger partial charge in [0.1, 0.15) is 11.6 Å². The van der Waals surface area contributed by atoms with Crippen molar-refractivity contribution in [3.63, 3.8) is 0 Å². The summed E-state index contributed by atoms with van der Waals surface area (Å²) in [4.78, 5) is 44.4. The average molecular weight is 556 g/mol. The molecule has 2 saturated heterocycles. The molecule has 5 rings (SSSR count). The Morgan fingerprint density at radius 3 is 2.82 bits per heavy atom. The van der Waals surface area contributed by atoms with Crippen LogP contribution in [0.25, 0.3) is 0 Å². The molecule has 8 atom stereocenters. The number of nitrogens with zero attached hydrogens (tertiary/aromatic N) is 1. The van der Waals surface area contributed by atoms with Crippen molar-refractivity contribution in [2.75, 3.05) is 31.3 Å². The number of fused-ring (bicyclic) bond motifs is 1. The minimum absolute atomic E-state index is 0.0578. The second kappa shape index (κ2) is 11.6. The van der Waals surface area contributed by atoms with Crippen LogP contribution in [0.2, 0.25) is 0 Å². The first kappa shape index (κ1) is 28.2. The summed E-state index contributed by atoms with van der Waals surface area (Å²) in [5.74, 6) is -1.21. The van der Waals surface area contributed by atoms with E-state index in [2.05, 4.69) is 24.5 Å². The lowest BCUT2D eigenvalue weighted by Crippen LogP contribution is -2.58. The van der Waals surface area contributed by atoms with E-state index in [1.165, 1.54) is 0 Å². The quantitative estimate of drug-likeness (QED) is 0.259. The molecule has 3 aliphatic heterocycles. The molecule has 3 fully saturated rings. The van der Waals surface area contributed by atoms with Crippen molar-refractivity contribution >= 4 is 35.2 Å². The molecule has 0 unspecified atom stereocenters. The number of hydrogen-bond acceptors (Lipinski definition) is 6. The first-order valence-electron chi connectivity index (χ1n) is 14.3. The van der Waals surface area contributed by atoms with E-state index in [9.17, 15) is 14.4 Å². The summed E-state index contributed by atoms with van der Waals surface area (Å²) in [5.41, 5.74) is -0.467. The first-order valence-corrected chi connectivity index (χ1v) is 15.5. The lowest BCUT2D eigenvalue weighted by atomic mass is 9.73. The molecule has 3 amide bonds. The minimum atomic E-state index is -1.15. The minimum Gasteiger partial charge on any atom is -0.382 e. The number of benzene rings is 1. The van der Waals surface area contributed by atoms with Crippen LogP contribution in [0.4, 0.5) is 5.69 Å². The maximum Gasteiger partial charge on any atom is 0.246 e. The van der Waals surface area contributed by atoms with Crippen molar-refractivity contribution in [2.24, 2.45) is 23.7 Å². The second-order valence-electron chi connectivity index (χ2n) is 11.4. The lowest BCUT2D eigenvalue weighted by molar-refractivity contribution is -0.141. The molecule has 1 aliphatic carbocycles. The number of hydrogen-bond donors (Lipinski definition) is 2. The lowest BCUT2D eigenvalue weighted by Gasteiger charge is -2.38. The van der Waals surface area contributed by atoms with Crippen molar-refractivity contribution in [3.8, 4) is 0 Å². The number of carbonyl (C=O) groups is 3. The van der Waals surface area contributed by atoms with Crippen LogP contribution in [0.5, 0.6) is 0 Å². The molecule has 1 aromatic carbocycles. The van der Waals surface area contributed by atoms with E-state index >= 15 is 0 Å². The normalized spacial score (nSPS) is 34.8. The average Bonchev–Trinajstić information content (AvgIpc) is 3.56. The van der Waals surface area contributed by atoms with Gasteiger partial charge in [-0.15, -0.1) is 11.8 Å². The van der Waals surface area contributed by atoms with Crippen molar-refractivity contribution < 1.29 is 23.9 Å². The summed E-state index contributed by atoms with van der Waals surface area (Å²) in [7, 11) is 0. The predicted octanol–water partition coefficient (Wildman–Crippen LogP) is 3.87. The van der Waals surface area contributed by atoms with Gasteiger partial charge in [0.05, 0.1) is 17.9 Å². The molecule has 2 N–H and O–H groups in total. The molecular weight excluding hydrogens is 514 g/mol. The Kier molecular flexibility index (Phi) is 8.40. The van der Waals surface area contributed by atoms with Crippen LogP contribution in [-0.4, -0.2) is 72.4 Å². The first-order chi connectivity index (χ1) is 18.8. The fraction of sp³-hybridized carbons (Fsp3) is 0.633. The topological polar surface area (TPSA) is 97.0 Å². The van der Waals surface area contributed by atoms with Gasteiger partial charge in [0, 0.05) is 36.4 Å². The van der Waals surface area contributed by atoms with Crippen LogP contribution in [-0.2, 0) is 23.9 Å². The van der Waals surface area contributed by atoms with E-state index in [-0.39, 0.29) is 23.8 Å². The Labute approximate surface area is 235 Å². The molecule has 1 aromatic rings. The van der Waals surface area contributed by atoms with Crippen LogP contribution in [0.1, 0.15) is 46.5 Å². The number of anilines is 1. The van der Waals surface area contributed by atoms with Crippen molar-refractivity contribution in [2.45, 2.75) is 75.1 Å². The van der Waals surface area contributed by atoms with E-state index in [1.54, 1.807) is 16.7 Å². The molecule has 9 heteroatoms. The number of amides is 3. The van der Waals surface area contributed by atoms with E-state index in [0.717, 1.165) is 24.2 Å². The van der Waals surface area contributed by atoms with E-state index < -0.39 is 29.6 Å². The third-order valence-corrected chi connectivity index (χ3v) is 9.91. The summed E-state index contributed by atoms with van der Waals surface area (Å²) in [6.45, 7) is 7.83. The maximum atomic E-state index is 14.0. The number of rotatable bonds is 10. The van der Waals surface area contributed by atoms with E-state index in [0.29, 0.717) is 43.7 Å². The molecule has 0 aromatic heterocycles. The van der Waals surface area contributed by atoms with Gasteiger partial charge in [-0.3, -0.25) is 14.4 Å². The Morgan fingerprint density at radius 2 is 2.05 bits per heavy atom. The highest BCUT2D eigenvalue weighted by Gasteiger charge is 2.72. The number of likely N-dealkylation sites (tertiary alicyclic amines) is 1. The number of carbonyl (C=O) groups excluding carboxylic acids is 3. The van der Waals surface area contributed by atoms with Crippen LogP contribution in [0.3, 0.4) is 0 Å². The molecule has 8 nitrogen and oxygen atoms in total. The van der Waals surface area contributed by atoms with Gasteiger partial charge in [-0.25, -0.2) is 0 Å². The van der Waals surface area contributed by atoms with Crippen LogP contribution < -0.4 is 10.6 Å². The highest BCUT2D eigenvalue weighted by molar-refractivity contribution is 7.98. The third kappa shape index (κ3) is 5.13. The summed E-state index contributed by atoms with van der Waals surface area (Å²) < 4.78 is 12.0. The molecule has 2 bridgehead atoms. The van der Waals surface area contributed by atoms with Crippen molar-refractivity contribution in [1.29, 1.82) is 0 Å². The van der Waals surface area contributed by atoms with E-state index in [4.69, 9.17) is 9.47 Å². The Balaban J connectivity index is 1.41. The highest BCUT2D eigenvalue weighted by Crippen LogP contribution is 2.55. The van der Waals surface area contributed by atoms with Gasteiger partial charge in [-0.05, 0) is 56.1 Å².